The molecule has 3 nitrogen and oxygen atoms in total. The van der Waals surface area contributed by atoms with Crippen LogP contribution in [-0.2, 0) is 6.54 Å². The van der Waals surface area contributed by atoms with Crippen LogP contribution in [0.25, 0.3) is 0 Å². The Hall–Kier alpha value is -0.740. The predicted octanol–water partition coefficient (Wildman–Crippen LogP) is 4.83. The number of nitrogens with one attached hydrogen (secondary N) is 2. The fraction of sp³-hybridized carbons (Fsp3) is 0.471. The van der Waals surface area contributed by atoms with Gasteiger partial charge in [0.05, 0.1) is 6.33 Å². The standard InChI is InChI=1S/C17H22ClN3.2ClH/c1-2-13(15-7-16(15)17-10-20-11-21-17)9-19-8-12-3-5-14(18)6-4-12;;/h3-6,10-11,13,15-16,19H,2,7-9H2,1H3,(H,20,21);2*1H/t13-,15-,16+;;/m0../s1. The van der Waals surface area contributed by atoms with E-state index in [9.17, 15) is 0 Å². The zero-order chi connectivity index (χ0) is 14.7. The Kier molecular flexibility index (Phi) is 8.41. The smallest absolute Gasteiger partial charge is 0.0921 e. The largest absolute Gasteiger partial charge is 0.348 e. The number of benzene rings is 1. The number of imidazole rings is 1. The number of hydrogen-bond acceptors (Lipinski definition) is 2. The highest BCUT2D eigenvalue weighted by atomic mass is 35.5. The summed E-state index contributed by atoms with van der Waals surface area (Å²) in [4.78, 5) is 7.38. The predicted molar refractivity (Wildman–Crippen MR) is 101 cm³/mol. The van der Waals surface area contributed by atoms with Gasteiger partial charge in [0, 0.05) is 29.4 Å². The minimum absolute atomic E-state index is 0. The Bertz CT molecular complexity index is 557. The van der Waals surface area contributed by atoms with Crippen molar-refractivity contribution in [2.24, 2.45) is 11.8 Å². The third-order valence-corrected chi connectivity index (χ3v) is 4.79. The average molecular weight is 377 g/mol. The fourth-order valence-electron chi connectivity index (χ4n) is 3.17. The van der Waals surface area contributed by atoms with E-state index in [1.54, 1.807) is 6.33 Å². The zero-order valence-electron chi connectivity index (χ0n) is 13.2. The van der Waals surface area contributed by atoms with Crippen molar-refractivity contribution in [2.45, 2.75) is 32.2 Å². The van der Waals surface area contributed by atoms with Crippen LogP contribution in [0.1, 0.15) is 36.9 Å². The third-order valence-electron chi connectivity index (χ3n) is 4.54. The van der Waals surface area contributed by atoms with Gasteiger partial charge in [0.25, 0.3) is 0 Å². The lowest BCUT2D eigenvalue weighted by molar-refractivity contribution is 0.405. The summed E-state index contributed by atoms with van der Waals surface area (Å²) in [6.07, 6.45) is 6.27. The molecule has 1 saturated carbocycles. The minimum atomic E-state index is 0. The second kappa shape index (κ2) is 9.53. The molecule has 3 rings (SSSR count). The van der Waals surface area contributed by atoms with Crippen molar-refractivity contribution in [1.29, 1.82) is 0 Å². The minimum Gasteiger partial charge on any atom is -0.348 e. The summed E-state index contributed by atoms with van der Waals surface area (Å²) < 4.78 is 0. The Morgan fingerprint density at radius 1 is 1.30 bits per heavy atom. The number of aromatic nitrogens is 2. The molecular weight excluding hydrogens is 353 g/mol. The number of nitrogens with zero attached hydrogens (tertiary/aromatic N) is 1. The van der Waals surface area contributed by atoms with Crippen molar-refractivity contribution in [3.05, 3.63) is 53.1 Å². The van der Waals surface area contributed by atoms with E-state index in [1.807, 2.05) is 18.3 Å². The van der Waals surface area contributed by atoms with Crippen LogP contribution in [0.2, 0.25) is 5.02 Å². The molecular formula is C17H24Cl3N3. The number of hydrogen-bond donors (Lipinski definition) is 2. The van der Waals surface area contributed by atoms with Crippen LogP contribution >= 0.6 is 36.4 Å². The summed E-state index contributed by atoms with van der Waals surface area (Å²) in [5.41, 5.74) is 2.59. The zero-order valence-corrected chi connectivity index (χ0v) is 15.6. The first-order valence-electron chi connectivity index (χ1n) is 7.71. The van der Waals surface area contributed by atoms with E-state index in [-0.39, 0.29) is 24.8 Å². The third kappa shape index (κ3) is 5.39. The van der Waals surface area contributed by atoms with Crippen molar-refractivity contribution in [3.8, 4) is 0 Å². The van der Waals surface area contributed by atoms with Gasteiger partial charge in [0.15, 0.2) is 0 Å². The molecule has 2 N–H and O–H groups in total. The number of aromatic amines is 1. The van der Waals surface area contributed by atoms with Crippen molar-refractivity contribution < 1.29 is 0 Å². The highest BCUT2D eigenvalue weighted by Gasteiger charge is 2.43. The van der Waals surface area contributed by atoms with Crippen molar-refractivity contribution in [2.75, 3.05) is 6.54 Å². The van der Waals surface area contributed by atoms with Crippen LogP contribution in [0.15, 0.2) is 36.8 Å². The highest BCUT2D eigenvalue weighted by molar-refractivity contribution is 6.30. The molecule has 0 bridgehead atoms. The first kappa shape index (κ1) is 20.3. The van der Waals surface area contributed by atoms with Crippen LogP contribution < -0.4 is 5.32 Å². The Morgan fingerprint density at radius 2 is 2.04 bits per heavy atom. The van der Waals surface area contributed by atoms with Crippen molar-refractivity contribution in [3.63, 3.8) is 0 Å². The van der Waals surface area contributed by atoms with E-state index < -0.39 is 0 Å². The Labute approximate surface area is 155 Å². The second-order valence-corrected chi connectivity index (χ2v) is 6.38. The second-order valence-electron chi connectivity index (χ2n) is 5.94. The van der Waals surface area contributed by atoms with E-state index >= 15 is 0 Å². The van der Waals surface area contributed by atoms with Gasteiger partial charge < -0.3 is 10.3 Å². The molecule has 1 aliphatic rings. The molecule has 1 aromatic heterocycles. The van der Waals surface area contributed by atoms with E-state index in [0.29, 0.717) is 5.92 Å². The summed E-state index contributed by atoms with van der Waals surface area (Å²) in [5, 5.41) is 4.39. The molecule has 0 unspecified atom stereocenters. The molecule has 0 saturated heterocycles. The maximum atomic E-state index is 5.90. The summed E-state index contributed by atoms with van der Waals surface area (Å²) >= 11 is 5.90. The molecule has 1 heterocycles. The molecule has 3 atom stereocenters. The molecule has 1 fully saturated rings. The van der Waals surface area contributed by atoms with Gasteiger partial charge >= 0.3 is 0 Å². The summed E-state index contributed by atoms with van der Waals surface area (Å²) in [6, 6.07) is 8.07. The molecule has 0 amide bonds. The lowest BCUT2D eigenvalue weighted by Gasteiger charge is -2.15. The van der Waals surface area contributed by atoms with Gasteiger partial charge in [-0.2, -0.15) is 0 Å². The molecule has 23 heavy (non-hydrogen) atoms. The van der Waals surface area contributed by atoms with Crippen LogP contribution in [0.3, 0.4) is 0 Å². The average Bonchev–Trinajstić information content (AvgIpc) is 3.09. The molecule has 0 spiro atoms. The quantitative estimate of drug-likeness (QED) is 0.727. The lowest BCUT2D eigenvalue weighted by atomic mass is 9.98. The monoisotopic (exact) mass is 375 g/mol. The number of halogens is 3. The molecule has 6 heteroatoms. The van der Waals surface area contributed by atoms with Gasteiger partial charge in [-0.3, -0.25) is 0 Å². The van der Waals surface area contributed by atoms with E-state index in [2.05, 4.69) is 34.3 Å². The highest BCUT2D eigenvalue weighted by Crippen LogP contribution is 2.51. The summed E-state index contributed by atoms with van der Waals surface area (Å²) in [7, 11) is 0. The van der Waals surface area contributed by atoms with Crippen LogP contribution in [-0.4, -0.2) is 16.5 Å². The van der Waals surface area contributed by atoms with E-state index in [4.69, 9.17) is 11.6 Å². The van der Waals surface area contributed by atoms with Crippen LogP contribution in [0.5, 0.6) is 0 Å². The SMILES string of the molecule is CC[C@@H](CNCc1ccc(Cl)cc1)[C@@H]1C[C@H]1c1cnc[nH]1.Cl.Cl. The normalized spacial score (nSPS) is 20.3. The summed E-state index contributed by atoms with van der Waals surface area (Å²) in [5.74, 6) is 2.23. The molecule has 1 aliphatic carbocycles. The molecule has 0 radical (unpaired) electrons. The molecule has 128 valence electrons. The molecule has 0 aliphatic heterocycles. The van der Waals surface area contributed by atoms with E-state index in [0.717, 1.165) is 29.9 Å². The van der Waals surface area contributed by atoms with Crippen molar-refractivity contribution >= 4 is 36.4 Å². The van der Waals surface area contributed by atoms with Crippen LogP contribution in [0.4, 0.5) is 0 Å². The van der Waals surface area contributed by atoms with Gasteiger partial charge in [-0.15, -0.1) is 24.8 Å². The first-order valence-corrected chi connectivity index (χ1v) is 8.09. The molecule has 1 aromatic carbocycles. The number of rotatable bonds is 7. The number of H-pyrrole nitrogens is 1. The van der Waals surface area contributed by atoms with Gasteiger partial charge in [-0.1, -0.05) is 37.1 Å². The summed E-state index contributed by atoms with van der Waals surface area (Å²) in [6.45, 7) is 4.28. The van der Waals surface area contributed by atoms with E-state index in [1.165, 1.54) is 24.1 Å². The van der Waals surface area contributed by atoms with Gasteiger partial charge in [0.2, 0.25) is 0 Å². The van der Waals surface area contributed by atoms with Gasteiger partial charge in [-0.25, -0.2) is 4.98 Å². The lowest BCUT2D eigenvalue weighted by Crippen LogP contribution is -2.23. The first-order chi connectivity index (χ1) is 10.3. The maximum Gasteiger partial charge on any atom is 0.0921 e. The van der Waals surface area contributed by atoms with Gasteiger partial charge in [-0.05, 0) is 42.5 Å². The Balaban J connectivity index is 0.00000132. The van der Waals surface area contributed by atoms with Crippen LogP contribution in [0, 0.1) is 11.8 Å². The topological polar surface area (TPSA) is 40.7 Å². The van der Waals surface area contributed by atoms with Crippen molar-refractivity contribution in [1.82, 2.24) is 15.3 Å². The van der Waals surface area contributed by atoms with Gasteiger partial charge in [0.1, 0.15) is 0 Å². The maximum absolute atomic E-state index is 5.90. The molecule has 2 aromatic rings. The Morgan fingerprint density at radius 3 is 2.65 bits per heavy atom. The fourth-order valence-corrected chi connectivity index (χ4v) is 3.29.